The van der Waals surface area contributed by atoms with E-state index in [1.807, 2.05) is 50.2 Å². The molecule has 1 saturated heterocycles. The third-order valence-corrected chi connectivity index (χ3v) is 4.91. The zero-order valence-corrected chi connectivity index (χ0v) is 14.7. The van der Waals surface area contributed by atoms with Gasteiger partial charge in [-0.05, 0) is 42.7 Å². The van der Waals surface area contributed by atoms with E-state index >= 15 is 0 Å². The number of carbonyl (C=O) groups excluding carboxylic acids is 1. The molecule has 0 radical (unpaired) electrons. The number of carbonyl (C=O) groups is 1. The summed E-state index contributed by atoms with van der Waals surface area (Å²) in [6.07, 6.45) is 0. The SMILES string of the molecule is COc1ccc(CN2C(=O)C3(OCCO3)c3c(C)ccc(C)c32)cc1. The number of hydrogen-bond donors (Lipinski definition) is 0. The van der Waals surface area contributed by atoms with Gasteiger partial charge < -0.3 is 19.1 Å². The molecule has 1 spiro atoms. The molecule has 2 aromatic carbocycles. The van der Waals surface area contributed by atoms with Crippen LogP contribution < -0.4 is 9.64 Å². The average Bonchev–Trinajstić information content (AvgIpc) is 3.20. The van der Waals surface area contributed by atoms with Crippen LogP contribution in [-0.2, 0) is 26.6 Å². The van der Waals surface area contributed by atoms with Crippen molar-refractivity contribution in [3.63, 3.8) is 0 Å². The number of fused-ring (bicyclic) bond motifs is 2. The molecule has 2 aliphatic rings. The molecule has 0 atom stereocenters. The highest BCUT2D eigenvalue weighted by Gasteiger charge is 2.57. The van der Waals surface area contributed by atoms with Crippen LogP contribution in [0, 0.1) is 13.8 Å². The van der Waals surface area contributed by atoms with Crippen molar-refractivity contribution < 1.29 is 19.0 Å². The van der Waals surface area contributed by atoms with E-state index in [0.29, 0.717) is 19.8 Å². The van der Waals surface area contributed by atoms with Gasteiger partial charge in [-0.2, -0.15) is 0 Å². The fourth-order valence-corrected chi connectivity index (χ4v) is 3.69. The number of anilines is 1. The van der Waals surface area contributed by atoms with Gasteiger partial charge in [-0.1, -0.05) is 24.3 Å². The van der Waals surface area contributed by atoms with Crippen molar-refractivity contribution in [1.82, 2.24) is 0 Å². The molecule has 130 valence electrons. The van der Waals surface area contributed by atoms with Crippen molar-refractivity contribution in [2.75, 3.05) is 25.2 Å². The van der Waals surface area contributed by atoms with E-state index in [2.05, 4.69) is 0 Å². The molecule has 0 aromatic heterocycles. The Labute approximate surface area is 147 Å². The van der Waals surface area contributed by atoms with Gasteiger partial charge >= 0.3 is 0 Å². The van der Waals surface area contributed by atoms with Gasteiger partial charge in [-0.3, -0.25) is 4.79 Å². The Kier molecular flexibility index (Phi) is 3.78. The highest BCUT2D eigenvalue weighted by Crippen LogP contribution is 2.49. The number of aryl methyl sites for hydroxylation is 2. The predicted octanol–water partition coefficient (Wildman–Crippen LogP) is 3.06. The van der Waals surface area contributed by atoms with Gasteiger partial charge in [0.05, 0.1) is 32.6 Å². The molecule has 2 aliphatic heterocycles. The minimum absolute atomic E-state index is 0.145. The second kappa shape index (κ2) is 5.86. The molecule has 0 N–H and O–H groups in total. The van der Waals surface area contributed by atoms with Gasteiger partial charge in [0.15, 0.2) is 0 Å². The van der Waals surface area contributed by atoms with Crippen molar-refractivity contribution in [2.45, 2.75) is 26.2 Å². The Bertz CT molecular complexity index is 822. The lowest BCUT2D eigenvalue weighted by atomic mass is 9.98. The summed E-state index contributed by atoms with van der Waals surface area (Å²) < 4.78 is 16.9. The number of rotatable bonds is 3. The third-order valence-electron chi connectivity index (χ3n) is 4.91. The second-order valence-electron chi connectivity index (χ2n) is 6.48. The van der Waals surface area contributed by atoms with Crippen molar-refractivity contribution in [2.24, 2.45) is 0 Å². The van der Waals surface area contributed by atoms with E-state index in [-0.39, 0.29) is 5.91 Å². The molecule has 4 rings (SSSR count). The van der Waals surface area contributed by atoms with E-state index in [1.54, 1.807) is 12.0 Å². The maximum Gasteiger partial charge on any atom is 0.292 e. The Morgan fingerprint density at radius 2 is 1.68 bits per heavy atom. The second-order valence-corrected chi connectivity index (χ2v) is 6.48. The standard InChI is InChI=1S/C20H21NO4/c1-13-4-5-14(2)18-17(13)20(24-10-11-25-20)19(22)21(18)12-15-6-8-16(23-3)9-7-15/h4-9H,10-12H2,1-3H3. The molecule has 0 unspecified atom stereocenters. The van der Waals surface area contributed by atoms with Gasteiger partial charge in [-0.25, -0.2) is 0 Å². The van der Waals surface area contributed by atoms with Crippen LogP contribution in [-0.4, -0.2) is 26.2 Å². The van der Waals surface area contributed by atoms with Crippen LogP contribution in [0.25, 0.3) is 0 Å². The van der Waals surface area contributed by atoms with Crippen molar-refractivity contribution in [3.05, 3.63) is 58.7 Å². The minimum atomic E-state index is -1.28. The molecule has 1 fully saturated rings. The van der Waals surface area contributed by atoms with Gasteiger partial charge in [-0.15, -0.1) is 0 Å². The molecule has 5 nitrogen and oxygen atoms in total. The van der Waals surface area contributed by atoms with Gasteiger partial charge in [0.1, 0.15) is 5.75 Å². The number of hydrogen-bond acceptors (Lipinski definition) is 4. The highest BCUT2D eigenvalue weighted by molar-refractivity contribution is 6.07. The van der Waals surface area contributed by atoms with Crippen LogP contribution in [0.5, 0.6) is 5.75 Å². The fourth-order valence-electron chi connectivity index (χ4n) is 3.69. The van der Waals surface area contributed by atoms with Crippen molar-refractivity contribution >= 4 is 11.6 Å². The molecular formula is C20H21NO4. The first-order chi connectivity index (χ1) is 12.1. The summed E-state index contributed by atoms with van der Waals surface area (Å²) in [7, 11) is 1.64. The molecule has 25 heavy (non-hydrogen) atoms. The van der Waals surface area contributed by atoms with Crippen LogP contribution >= 0.6 is 0 Å². The summed E-state index contributed by atoms with van der Waals surface area (Å²) in [6, 6.07) is 11.8. The van der Waals surface area contributed by atoms with E-state index < -0.39 is 5.79 Å². The first-order valence-electron chi connectivity index (χ1n) is 8.40. The first kappa shape index (κ1) is 16.1. The molecule has 0 bridgehead atoms. The zero-order valence-electron chi connectivity index (χ0n) is 14.7. The summed E-state index contributed by atoms with van der Waals surface area (Å²) >= 11 is 0. The molecule has 2 aromatic rings. The van der Waals surface area contributed by atoms with E-state index in [0.717, 1.165) is 33.7 Å². The van der Waals surface area contributed by atoms with Crippen molar-refractivity contribution in [3.8, 4) is 5.75 Å². The lowest BCUT2D eigenvalue weighted by Crippen LogP contribution is -2.41. The topological polar surface area (TPSA) is 48.0 Å². The predicted molar refractivity (Wildman–Crippen MR) is 93.7 cm³/mol. The van der Waals surface area contributed by atoms with Crippen LogP contribution in [0.3, 0.4) is 0 Å². The molecule has 2 heterocycles. The first-order valence-corrected chi connectivity index (χ1v) is 8.40. The number of amides is 1. The van der Waals surface area contributed by atoms with Crippen LogP contribution in [0.4, 0.5) is 5.69 Å². The summed E-state index contributed by atoms with van der Waals surface area (Å²) in [5, 5.41) is 0. The van der Waals surface area contributed by atoms with E-state index in [1.165, 1.54) is 0 Å². The van der Waals surface area contributed by atoms with Gasteiger partial charge in [0, 0.05) is 5.56 Å². The summed E-state index contributed by atoms with van der Waals surface area (Å²) in [4.78, 5) is 15.1. The Morgan fingerprint density at radius 3 is 2.32 bits per heavy atom. The molecule has 0 saturated carbocycles. The van der Waals surface area contributed by atoms with E-state index in [9.17, 15) is 4.79 Å². The zero-order chi connectivity index (χ0) is 17.6. The summed E-state index contributed by atoms with van der Waals surface area (Å²) in [5.41, 5.74) is 4.83. The summed E-state index contributed by atoms with van der Waals surface area (Å²) in [5.74, 6) is -0.631. The Hall–Kier alpha value is -2.37. The maximum absolute atomic E-state index is 13.3. The maximum atomic E-state index is 13.3. The van der Waals surface area contributed by atoms with Crippen LogP contribution in [0.2, 0.25) is 0 Å². The number of ether oxygens (including phenoxy) is 3. The Morgan fingerprint density at radius 1 is 1.04 bits per heavy atom. The minimum Gasteiger partial charge on any atom is -0.497 e. The number of benzene rings is 2. The Balaban J connectivity index is 1.79. The molecule has 1 amide bonds. The van der Waals surface area contributed by atoms with Crippen LogP contribution in [0.15, 0.2) is 36.4 Å². The van der Waals surface area contributed by atoms with Gasteiger partial charge in [0.25, 0.3) is 11.7 Å². The smallest absolute Gasteiger partial charge is 0.292 e. The van der Waals surface area contributed by atoms with Crippen molar-refractivity contribution in [1.29, 1.82) is 0 Å². The molecule has 0 aliphatic carbocycles. The molecular weight excluding hydrogens is 318 g/mol. The quantitative estimate of drug-likeness (QED) is 0.862. The summed E-state index contributed by atoms with van der Waals surface area (Å²) in [6.45, 7) is 5.33. The fraction of sp³-hybridized carbons (Fsp3) is 0.350. The number of methoxy groups -OCH3 is 1. The van der Waals surface area contributed by atoms with Gasteiger partial charge in [0.2, 0.25) is 0 Å². The third kappa shape index (κ3) is 2.34. The average molecular weight is 339 g/mol. The normalized spacial score (nSPS) is 18.0. The lowest BCUT2D eigenvalue weighted by Gasteiger charge is -2.22. The lowest BCUT2D eigenvalue weighted by molar-refractivity contribution is -0.181. The largest absolute Gasteiger partial charge is 0.497 e. The number of nitrogens with zero attached hydrogens (tertiary/aromatic N) is 1. The molecule has 5 heteroatoms. The van der Waals surface area contributed by atoms with Crippen LogP contribution in [0.1, 0.15) is 22.3 Å². The van der Waals surface area contributed by atoms with E-state index in [4.69, 9.17) is 14.2 Å². The monoisotopic (exact) mass is 339 g/mol. The highest BCUT2D eigenvalue weighted by atomic mass is 16.7.